The number of imide groups is 2. The number of benzene rings is 1. The summed E-state index contributed by atoms with van der Waals surface area (Å²) in [5, 5.41) is 14.4. The summed E-state index contributed by atoms with van der Waals surface area (Å²) in [5.74, 6) is -0.366. The zero-order valence-corrected chi connectivity index (χ0v) is 21.5. The quantitative estimate of drug-likeness (QED) is 0.116. The molecule has 0 N–H and O–H groups in total. The third-order valence-corrected chi connectivity index (χ3v) is 6.63. The zero-order valence-electron chi connectivity index (χ0n) is 19.2. The highest BCUT2D eigenvalue weighted by Gasteiger charge is 2.40. The first kappa shape index (κ1) is 27.1. The molecule has 2 aliphatic heterocycles. The maximum absolute atomic E-state index is 12.6. The van der Waals surface area contributed by atoms with Gasteiger partial charge < -0.3 is 15.1 Å². The van der Waals surface area contributed by atoms with Crippen LogP contribution in [-0.2, 0) is 19.0 Å². The van der Waals surface area contributed by atoms with Gasteiger partial charge in [-0.05, 0) is 45.1 Å². The predicted molar refractivity (Wildman–Crippen MR) is 132 cm³/mol. The fraction of sp³-hybridized carbons (Fsp3) is 0.318. The number of barbiturate groups is 1. The maximum Gasteiger partial charge on any atom is 0.333 e. The van der Waals surface area contributed by atoms with Crippen molar-refractivity contribution in [2.75, 3.05) is 35.3 Å². The molecule has 13 heteroatoms. The molecular formula is C22H23Cl2N4O6S-. The summed E-state index contributed by atoms with van der Waals surface area (Å²) in [6, 6.07) is 2.83. The highest BCUT2D eigenvalue weighted by atomic mass is 35.5. The summed E-state index contributed by atoms with van der Waals surface area (Å²) >= 11 is 13.2. The first-order valence-electron chi connectivity index (χ1n) is 10.7. The molecule has 35 heavy (non-hydrogen) atoms. The molecule has 3 rings (SSSR count). The van der Waals surface area contributed by atoms with Gasteiger partial charge >= 0.3 is 6.03 Å². The first-order valence-corrected chi connectivity index (χ1v) is 12.4. The Morgan fingerprint density at radius 2 is 1.37 bits per heavy atom. The number of hydrogen-bond donors (Lipinski definition) is 0. The first-order chi connectivity index (χ1) is 16.8. The summed E-state index contributed by atoms with van der Waals surface area (Å²) < 4.78 is 4.44. The van der Waals surface area contributed by atoms with Gasteiger partial charge in [-0.3, -0.25) is 24.4 Å². The summed E-state index contributed by atoms with van der Waals surface area (Å²) in [6.45, 7) is 6.19. The summed E-state index contributed by atoms with van der Waals surface area (Å²) in [7, 11) is 0. The predicted octanol–water partition coefficient (Wildman–Crippen LogP) is 3.62. The molecule has 0 bridgehead atoms. The Kier molecular flexibility index (Phi) is 9.22. The molecule has 1 fully saturated rings. The summed E-state index contributed by atoms with van der Waals surface area (Å²) in [5.41, 5.74) is 1.45. The van der Waals surface area contributed by atoms with Gasteiger partial charge in [-0.15, -0.1) is 0 Å². The van der Waals surface area contributed by atoms with Gasteiger partial charge in [-0.2, -0.15) is 4.33 Å². The number of hydrogen-bond acceptors (Lipinski definition) is 9. The lowest BCUT2D eigenvalue weighted by Gasteiger charge is -2.32. The molecule has 1 aromatic carbocycles. The van der Waals surface area contributed by atoms with E-state index in [0.717, 1.165) is 33.2 Å². The minimum Gasteiger partial charge on any atom is -0.691 e. The van der Waals surface area contributed by atoms with Crippen molar-refractivity contribution in [1.82, 2.24) is 9.80 Å². The average molecular weight is 542 g/mol. The van der Waals surface area contributed by atoms with Crippen LogP contribution in [0.2, 0.25) is 10.0 Å². The van der Waals surface area contributed by atoms with E-state index < -0.39 is 17.8 Å². The van der Waals surface area contributed by atoms with Gasteiger partial charge in [0.05, 0.1) is 39.3 Å². The lowest BCUT2D eigenvalue weighted by Crippen LogP contribution is -2.56. The van der Waals surface area contributed by atoms with Crippen LogP contribution in [0.15, 0.2) is 47.8 Å². The molecule has 4 amide bonds. The fourth-order valence-electron chi connectivity index (χ4n) is 3.79. The topological polar surface area (TPSA) is 106 Å². The molecule has 2 heterocycles. The number of carbonyl (C=O) groups excluding carboxylic acids is 3. The van der Waals surface area contributed by atoms with Crippen LogP contribution in [0.25, 0.3) is 0 Å². The van der Waals surface area contributed by atoms with Crippen LogP contribution in [0.5, 0.6) is 0 Å². The van der Waals surface area contributed by atoms with E-state index in [0.29, 0.717) is 22.4 Å². The molecule has 0 unspecified atom stereocenters. The van der Waals surface area contributed by atoms with E-state index in [4.69, 9.17) is 23.2 Å². The fourth-order valence-corrected chi connectivity index (χ4v) is 4.56. The van der Waals surface area contributed by atoms with Crippen LogP contribution in [0, 0.1) is 0 Å². The van der Waals surface area contributed by atoms with Crippen LogP contribution in [0.3, 0.4) is 0 Å². The molecule has 2 aliphatic rings. The molecule has 0 spiro atoms. The number of carbonyl (C=O) groups is 3. The molecule has 0 radical (unpaired) electrons. The summed E-state index contributed by atoms with van der Waals surface area (Å²) in [6.07, 6.45) is 6.36. The van der Waals surface area contributed by atoms with Gasteiger partial charge in [0.2, 0.25) is 0 Å². The molecule has 0 saturated carbocycles. The van der Waals surface area contributed by atoms with Crippen LogP contribution in [0.1, 0.15) is 20.8 Å². The maximum atomic E-state index is 12.6. The third-order valence-electron chi connectivity index (χ3n) is 5.39. The lowest BCUT2D eigenvalue weighted by atomic mass is 10.1. The standard InChI is InChI=1S/C22H24Cl2N4O6S/c1-4-25-17-11-15(23)16(24)12-18(17)28(13-35-34-33-32)19(25)10-8-7-9-14-20(29)26(5-2)22(31)27(6-3)21(14)30/h7-12,32H,4-6,13H2,1-3H3/p-1/b8-7+,19-10+. The van der Waals surface area contributed by atoms with Crippen LogP contribution in [0.4, 0.5) is 16.2 Å². The smallest absolute Gasteiger partial charge is 0.333 e. The van der Waals surface area contributed by atoms with Gasteiger partial charge in [0.1, 0.15) is 11.4 Å². The van der Waals surface area contributed by atoms with Crippen molar-refractivity contribution in [3.63, 3.8) is 0 Å². The Balaban J connectivity index is 1.94. The van der Waals surface area contributed by atoms with E-state index in [-0.39, 0.29) is 24.5 Å². The second-order valence-electron chi connectivity index (χ2n) is 7.18. The number of rotatable bonds is 9. The highest BCUT2D eigenvalue weighted by molar-refractivity contribution is 7.94. The van der Waals surface area contributed by atoms with Crippen LogP contribution < -0.4 is 15.1 Å². The molecule has 0 aliphatic carbocycles. The highest BCUT2D eigenvalue weighted by Crippen LogP contribution is 2.46. The number of anilines is 2. The number of likely N-dealkylation sites (N-methyl/N-ethyl adjacent to an activating group) is 2. The van der Waals surface area contributed by atoms with Crippen molar-refractivity contribution in [3.05, 3.63) is 57.9 Å². The van der Waals surface area contributed by atoms with Crippen molar-refractivity contribution in [3.8, 4) is 0 Å². The van der Waals surface area contributed by atoms with E-state index in [1.165, 1.54) is 6.08 Å². The molecular weight excluding hydrogens is 519 g/mol. The number of urea groups is 1. The minimum absolute atomic E-state index is 0.100. The minimum atomic E-state index is -0.634. The monoisotopic (exact) mass is 541 g/mol. The van der Waals surface area contributed by atoms with Crippen LogP contribution >= 0.6 is 35.2 Å². The van der Waals surface area contributed by atoms with Crippen molar-refractivity contribution in [2.45, 2.75) is 20.8 Å². The molecule has 0 aromatic heterocycles. The average Bonchev–Trinajstić information content (AvgIpc) is 3.10. The Morgan fingerprint density at radius 3 is 1.89 bits per heavy atom. The van der Waals surface area contributed by atoms with Crippen molar-refractivity contribution < 1.29 is 29.0 Å². The largest absolute Gasteiger partial charge is 0.691 e. The Bertz CT molecular complexity index is 1080. The molecule has 1 aromatic rings. The van der Waals surface area contributed by atoms with Gasteiger partial charge in [0, 0.05) is 19.6 Å². The Morgan fingerprint density at radius 1 is 0.857 bits per heavy atom. The van der Waals surface area contributed by atoms with E-state index >= 15 is 0 Å². The Labute approximate surface area is 217 Å². The lowest BCUT2D eigenvalue weighted by molar-refractivity contribution is -0.777. The van der Waals surface area contributed by atoms with Crippen LogP contribution in [-0.4, -0.2) is 53.2 Å². The van der Waals surface area contributed by atoms with Gasteiger partial charge in [-0.25, -0.2) is 4.79 Å². The molecule has 188 valence electrons. The van der Waals surface area contributed by atoms with Gasteiger partial charge in [0.15, 0.2) is 0 Å². The number of fused-ring (bicyclic) bond motifs is 1. The SMILES string of the molecule is CCN1C(=O)C(=C/C=C/C=C2\N(CC)c3cc(Cl)c(Cl)cc3N2CSOO[O-])C(=O)N(CC)C1=O. The van der Waals surface area contributed by atoms with E-state index in [1.54, 1.807) is 44.2 Å². The van der Waals surface area contributed by atoms with Gasteiger partial charge in [0.25, 0.3) is 11.8 Å². The van der Waals surface area contributed by atoms with E-state index in [9.17, 15) is 19.6 Å². The van der Waals surface area contributed by atoms with E-state index in [2.05, 4.69) is 9.37 Å². The van der Waals surface area contributed by atoms with Crippen molar-refractivity contribution in [2.24, 2.45) is 0 Å². The molecule has 10 nitrogen and oxygen atoms in total. The van der Waals surface area contributed by atoms with Crippen molar-refractivity contribution >= 4 is 64.5 Å². The third kappa shape index (κ3) is 5.35. The number of nitrogens with zero attached hydrogens (tertiary/aromatic N) is 4. The van der Waals surface area contributed by atoms with E-state index in [1.807, 2.05) is 16.7 Å². The second-order valence-corrected chi connectivity index (χ2v) is 8.63. The molecule has 1 saturated heterocycles. The Hall–Kier alpha value is -2.54. The normalized spacial score (nSPS) is 17.5. The second kappa shape index (κ2) is 11.9. The number of halogens is 2. The molecule has 0 atom stereocenters. The zero-order chi connectivity index (χ0) is 25.7. The summed E-state index contributed by atoms with van der Waals surface area (Å²) in [4.78, 5) is 43.5. The number of allylic oxidation sites excluding steroid dienone is 4. The van der Waals surface area contributed by atoms with Gasteiger partial charge in [-0.1, -0.05) is 35.4 Å². The van der Waals surface area contributed by atoms with Crippen molar-refractivity contribution in [1.29, 1.82) is 0 Å². The number of amides is 4.